The van der Waals surface area contributed by atoms with Gasteiger partial charge in [0.1, 0.15) is 0 Å². The van der Waals surface area contributed by atoms with Crippen LogP contribution in [0.15, 0.2) is 53.0 Å². The monoisotopic (exact) mass is 483 g/mol. The van der Waals surface area contributed by atoms with Crippen molar-refractivity contribution < 1.29 is 19.1 Å². The number of hydrogen-bond acceptors (Lipinski definition) is 4. The SMILES string of the molecule is CCc1cc(Br)ccc1NC(=O)COC(=O)[C@@H]1[C@H]2CC[C@@H](C2)[C@@H]1C(=O)c1ccccc1. The summed E-state index contributed by atoms with van der Waals surface area (Å²) in [5, 5.41) is 2.82. The fourth-order valence-corrected chi connectivity index (χ4v) is 5.61. The molecule has 2 aliphatic rings. The van der Waals surface area contributed by atoms with E-state index in [1.165, 1.54) is 0 Å². The van der Waals surface area contributed by atoms with E-state index in [1.807, 2.05) is 43.3 Å². The molecule has 0 unspecified atom stereocenters. The fraction of sp³-hybridized carbons (Fsp3) is 0.400. The summed E-state index contributed by atoms with van der Waals surface area (Å²) in [4.78, 5) is 38.5. The van der Waals surface area contributed by atoms with Gasteiger partial charge in [0.25, 0.3) is 5.91 Å². The summed E-state index contributed by atoms with van der Waals surface area (Å²) in [6.45, 7) is 1.66. The Bertz CT molecular complexity index is 990. The van der Waals surface area contributed by atoms with Gasteiger partial charge in [-0.1, -0.05) is 53.2 Å². The van der Waals surface area contributed by atoms with Gasteiger partial charge in [-0.15, -0.1) is 0 Å². The van der Waals surface area contributed by atoms with Crippen molar-refractivity contribution in [2.45, 2.75) is 32.6 Å². The molecule has 2 aromatic rings. The van der Waals surface area contributed by atoms with Crippen LogP contribution in [0.4, 0.5) is 5.69 Å². The number of hydrogen-bond donors (Lipinski definition) is 1. The fourth-order valence-electron chi connectivity index (χ4n) is 5.20. The van der Waals surface area contributed by atoms with Gasteiger partial charge in [-0.2, -0.15) is 0 Å². The summed E-state index contributed by atoms with van der Waals surface area (Å²) in [7, 11) is 0. The minimum atomic E-state index is -0.460. The molecule has 162 valence electrons. The summed E-state index contributed by atoms with van der Waals surface area (Å²) in [5.41, 5.74) is 2.34. The summed E-state index contributed by atoms with van der Waals surface area (Å²) >= 11 is 3.43. The second-order valence-corrected chi connectivity index (χ2v) is 9.34. The number of nitrogens with one attached hydrogen (secondary N) is 1. The molecule has 1 N–H and O–H groups in total. The van der Waals surface area contributed by atoms with Crippen molar-refractivity contribution in [2.24, 2.45) is 23.7 Å². The molecule has 5 nitrogen and oxygen atoms in total. The van der Waals surface area contributed by atoms with E-state index >= 15 is 0 Å². The highest BCUT2D eigenvalue weighted by molar-refractivity contribution is 9.10. The van der Waals surface area contributed by atoms with Crippen LogP contribution in [0, 0.1) is 23.7 Å². The number of halogens is 1. The van der Waals surface area contributed by atoms with E-state index in [2.05, 4.69) is 21.2 Å². The Morgan fingerprint density at radius 2 is 1.74 bits per heavy atom. The van der Waals surface area contributed by atoms with Gasteiger partial charge in [-0.3, -0.25) is 14.4 Å². The molecule has 4 atom stereocenters. The third-order valence-electron chi connectivity index (χ3n) is 6.62. The molecule has 0 spiro atoms. The first kappa shape index (κ1) is 21.8. The van der Waals surface area contributed by atoms with Crippen LogP contribution in [-0.4, -0.2) is 24.3 Å². The van der Waals surface area contributed by atoms with E-state index in [1.54, 1.807) is 12.1 Å². The minimum absolute atomic E-state index is 0.0154. The normalized spacial score (nSPS) is 24.1. The Balaban J connectivity index is 1.40. The molecule has 2 saturated carbocycles. The van der Waals surface area contributed by atoms with Gasteiger partial charge in [-0.25, -0.2) is 0 Å². The lowest BCUT2D eigenvalue weighted by Gasteiger charge is -2.28. The minimum Gasteiger partial charge on any atom is -0.455 e. The van der Waals surface area contributed by atoms with Gasteiger partial charge < -0.3 is 10.1 Å². The molecule has 1 amide bonds. The molecule has 0 aromatic heterocycles. The number of anilines is 1. The van der Waals surface area contributed by atoms with Crippen LogP contribution >= 0.6 is 15.9 Å². The lowest BCUT2D eigenvalue weighted by molar-refractivity contribution is -0.154. The predicted molar refractivity (Wildman–Crippen MR) is 122 cm³/mol. The lowest BCUT2D eigenvalue weighted by Crippen LogP contribution is -2.37. The number of ketones is 1. The quantitative estimate of drug-likeness (QED) is 0.442. The molecule has 2 aromatic carbocycles. The highest BCUT2D eigenvalue weighted by Gasteiger charge is 2.54. The Kier molecular flexibility index (Phi) is 6.56. The topological polar surface area (TPSA) is 72.5 Å². The lowest BCUT2D eigenvalue weighted by atomic mass is 9.75. The molecule has 2 aliphatic carbocycles. The Hall–Kier alpha value is -2.47. The maximum Gasteiger partial charge on any atom is 0.310 e. The summed E-state index contributed by atoms with van der Waals surface area (Å²) in [6.07, 6.45) is 3.56. The molecular formula is C25H26BrNO4. The van der Waals surface area contributed by atoms with Crippen molar-refractivity contribution in [1.29, 1.82) is 0 Å². The standard InChI is InChI=1S/C25H26BrNO4/c1-2-15-13-19(26)10-11-20(15)27-21(28)14-31-25(30)23-18-9-8-17(12-18)22(23)24(29)16-6-4-3-5-7-16/h3-7,10-11,13,17-18,22-23H,2,8-9,12,14H2,1H3,(H,27,28)/t17-,18-,22-,23+/m0/s1. The van der Waals surface area contributed by atoms with E-state index in [-0.39, 0.29) is 36.1 Å². The molecule has 6 heteroatoms. The highest BCUT2D eigenvalue weighted by atomic mass is 79.9. The number of carbonyl (C=O) groups is 3. The van der Waals surface area contributed by atoms with Gasteiger partial charge in [-0.05, 0) is 61.3 Å². The van der Waals surface area contributed by atoms with Crippen molar-refractivity contribution in [3.05, 3.63) is 64.1 Å². The van der Waals surface area contributed by atoms with E-state index in [0.29, 0.717) is 11.3 Å². The van der Waals surface area contributed by atoms with Gasteiger partial charge in [0.2, 0.25) is 0 Å². The van der Waals surface area contributed by atoms with Crippen molar-refractivity contribution in [1.82, 2.24) is 0 Å². The molecule has 0 heterocycles. The van der Waals surface area contributed by atoms with E-state index in [9.17, 15) is 14.4 Å². The molecular weight excluding hydrogens is 458 g/mol. The first-order chi connectivity index (χ1) is 15.0. The van der Waals surface area contributed by atoms with E-state index < -0.39 is 11.9 Å². The second kappa shape index (κ2) is 9.35. The number of rotatable bonds is 7. The zero-order chi connectivity index (χ0) is 22.0. The molecule has 4 rings (SSSR count). The van der Waals surface area contributed by atoms with Gasteiger partial charge in [0.05, 0.1) is 5.92 Å². The molecule has 0 radical (unpaired) electrons. The first-order valence-electron chi connectivity index (χ1n) is 10.8. The second-order valence-electron chi connectivity index (χ2n) is 8.43. The van der Waals surface area contributed by atoms with Crippen molar-refractivity contribution in [3.63, 3.8) is 0 Å². The van der Waals surface area contributed by atoms with Crippen LogP contribution in [0.2, 0.25) is 0 Å². The zero-order valence-corrected chi connectivity index (χ0v) is 19.1. The van der Waals surface area contributed by atoms with E-state index in [0.717, 1.165) is 35.7 Å². The third kappa shape index (κ3) is 4.59. The number of aryl methyl sites for hydroxylation is 1. The maximum absolute atomic E-state index is 13.1. The smallest absolute Gasteiger partial charge is 0.310 e. The van der Waals surface area contributed by atoms with E-state index in [4.69, 9.17) is 4.74 Å². The Morgan fingerprint density at radius 1 is 1.03 bits per heavy atom. The first-order valence-corrected chi connectivity index (χ1v) is 11.6. The number of benzene rings is 2. The Morgan fingerprint density at radius 3 is 2.45 bits per heavy atom. The number of esters is 1. The van der Waals surface area contributed by atoms with Crippen LogP contribution in [-0.2, 0) is 20.7 Å². The third-order valence-corrected chi connectivity index (χ3v) is 7.11. The molecule has 0 aliphatic heterocycles. The van der Waals surface area contributed by atoms with Crippen molar-refractivity contribution in [2.75, 3.05) is 11.9 Å². The number of ether oxygens (including phenoxy) is 1. The van der Waals surface area contributed by atoms with Crippen molar-refractivity contribution >= 4 is 39.3 Å². The summed E-state index contributed by atoms with van der Waals surface area (Å²) < 4.78 is 6.36. The van der Waals surface area contributed by atoms with Crippen LogP contribution in [0.1, 0.15) is 42.1 Å². The largest absolute Gasteiger partial charge is 0.455 e. The average Bonchev–Trinajstić information content (AvgIpc) is 3.40. The average molecular weight is 484 g/mol. The van der Waals surface area contributed by atoms with Gasteiger partial charge in [0, 0.05) is 21.6 Å². The van der Waals surface area contributed by atoms with Crippen LogP contribution in [0.5, 0.6) is 0 Å². The van der Waals surface area contributed by atoms with Crippen LogP contribution in [0.25, 0.3) is 0 Å². The highest BCUT2D eigenvalue weighted by Crippen LogP contribution is 2.53. The number of Topliss-reactive ketones (excluding diaryl/α,β-unsaturated/α-hetero) is 1. The number of carbonyl (C=O) groups excluding carboxylic acids is 3. The summed E-state index contributed by atoms with van der Waals surface area (Å²) in [5.74, 6) is -1.22. The van der Waals surface area contributed by atoms with Gasteiger partial charge >= 0.3 is 5.97 Å². The van der Waals surface area contributed by atoms with Crippen molar-refractivity contribution in [3.8, 4) is 0 Å². The molecule has 2 fully saturated rings. The maximum atomic E-state index is 13.1. The molecule has 2 bridgehead atoms. The Labute approximate surface area is 190 Å². The predicted octanol–water partition coefficient (Wildman–Crippen LogP) is 5.04. The number of amides is 1. The molecule has 0 saturated heterocycles. The summed E-state index contributed by atoms with van der Waals surface area (Å²) in [6, 6.07) is 14.8. The zero-order valence-electron chi connectivity index (χ0n) is 17.5. The van der Waals surface area contributed by atoms with Crippen LogP contribution in [0.3, 0.4) is 0 Å². The molecule has 31 heavy (non-hydrogen) atoms. The number of fused-ring (bicyclic) bond motifs is 2. The van der Waals surface area contributed by atoms with Crippen LogP contribution < -0.4 is 5.32 Å². The van der Waals surface area contributed by atoms with Gasteiger partial charge in [0.15, 0.2) is 12.4 Å².